The van der Waals surface area contributed by atoms with Crippen LogP contribution in [0, 0.1) is 5.41 Å². The highest BCUT2D eigenvalue weighted by Gasteiger charge is 2.09. The Balaban J connectivity index is 1.86. The number of nitrogens with zero attached hydrogens (tertiary/aromatic N) is 1. The van der Waals surface area contributed by atoms with E-state index in [1.165, 1.54) is 0 Å². The lowest BCUT2D eigenvalue weighted by Crippen LogP contribution is -2.21. The summed E-state index contributed by atoms with van der Waals surface area (Å²) in [6, 6.07) is 17.6. The summed E-state index contributed by atoms with van der Waals surface area (Å²) in [7, 11) is 0. The lowest BCUT2D eigenvalue weighted by Gasteiger charge is -2.09. The molecule has 0 spiro atoms. The Morgan fingerprint density at radius 2 is 1.69 bits per heavy atom. The van der Waals surface area contributed by atoms with Crippen LogP contribution in [0.2, 0.25) is 0 Å². The van der Waals surface area contributed by atoms with Crippen molar-refractivity contribution in [2.24, 2.45) is 22.2 Å². The lowest BCUT2D eigenvalue weighted by atomic mass is 10.0. The van der Waals surface area contributed by atoms with Crippen LogP contribution in [0.4, 0.5) is 11.4 Å². The minimum Gasteiger partial charge on any atom is -0.384 e. The normalized spacial score (nSPS) is 10.3. The molecule has 3 aromatic rings. The summed E-state index contributed by atoms with van der Waals surface area (Å²) in [5, 5.41) is 12.3. The Hall–Kier alpha value is -3.87. The van der Waals surface area contributed by atoms with Gasteiger partial charge in [0.2, 0.25) is 0 Å². The van der Waals surface area contributed by atoms with Gasteiger partial charge in [-0.15, -0.1) is 0 Å². The van der Waals surface area contributed by atoms with Crippen LogP contribution < -0.4 is 22.5 Å². The fourth-order valence-corrected chi connectivity index (χ4v) is 2.62. The largest absolute Gasteiger partial charge is 0.384 e. The lowest BCUT2D eigenvalue weighted by molar-refractivity contribution is 0.102. The first-order valence-electron chi connectivity index (χ1n) is 7.82. The van der Waals surface area contributed by atoms with E-state index in [-0.39, 0.29) is 17.7 Å². The van der Waals surface area contributed by atoms with Gasteiger partial charge in [-0.3, -0.25) is 10.2 Å². The van der Waals surface area contributed by atoms with Crippen LogP contribution in [0.15, 0.2) is 65.7 Å². The van der Waals surface area contributed by atoms with Crippen LogP contribution in [-0.4, -0.2) is 17.7 Å². The molecule has 0 saturated heterocycles. The molecule has 0 saturated carbocycles. The molecule has 26 heavy (non-hydrogen) atoms. The summed E-state index contributed by atoms with van der Waals surface area (Å²) < 4.78 is 0. The molecule has 3 aromatic carbocycles. The van der Waals surface area contributed by atoms with Crippen molar-refractivity contribution in [3.8, 4) is 0 Å². The van der Waals surface area contributed by atoms with E-state index in [1.807, 2.05) is 18.2 Å². The molecule has 0 fully saturated rings. The Morgan fingerprint density at radius 3 is 2.35 bits per heavy atom. The van der Waals surface area contributed by atoms with E-state index in [9.17, 15) is 4.79 Å². The van der Waals surface area contributed by atoms with Crippen molar-refractivity contribution >= 4 is 39.8 Å². The molecule has 0 unspecified atom stereocenters. The van der Waals surface area contributed by atoms with Crippen molar-refractivity contribution < 1.29 is 4.79 Å². The molecule has 0 radical (unpaired) electrons. The fourth-order valence-electron chi connectivity index (χ4n) is 2.62. The van der Waals surface area contributed by atoms with Crippen molar-refractivity contribution in [1.29, 1.82) is 5.41 Å². The second kappa shape index (κ2) is 6.94. The molecular formula is C19H18N6O. The van der Waals surface area contributed by atoms with E-state index in [2.05, 4.69) is 10.3 Å². The number of benzene rings is 3. The smallest absolute Gasteiger partial charge is 0.255 e. The third kappa shape index (κ3) is 3.62. The summed E-state index contributed by atoms with van der Waals surface area (Å²) in [6.45, 7) is 0. The molecule has 8 N–H and O–H groups in total. The highest BCUT2D eigenvalue weighted by molar-refractivity contribution is 6.10. The number of guanidine groups is 1. The SMILES string of the molecule is N=C(N)c1cccc2ccc(NC(=O)c3ccc(N=C(N)N)cc3)cc12. The number of aliphatic imine (C=N–C) groups is 1. The summed E-state index contributed by atoms with van der Waals surface area (Å²) in [5.74, 6) is -0.324. The molecule has 0 aliphatic carbocycles. The van der Waals surface area contributed by atoms with Gasteiger partial charge >= 0.3 is 0 Å². The number of fused-ring (bicyclic) bond motifs is 1. The van der Waals surface area contributed by atoms with Crippen LogP contribution in [0.3, 0.4) is 0 Å². The van der Waals surface area contributed by atoms with E-state index in [0.717, 1.165) is 10.8 Å². The van der Waals surface area contributed by atoms with Gasteiger partial charge in [-0.25, -0.2) is 4.99 Å². The number of nitrogens with one attached hydrogen (secondary N) is 2. The number of amidine groups is 1. The topological polar surface area (TPSA) is 143 Å². The predicted molar refractivity (Wildman–Crippen MR) is 105 cm³/mol. The van der Waals surface area contributed by atoms with E-state index in [4.69, 9.17) is 22.6 Å². The molecule has 0 aliphatic heterocycles. The first-order valence-corrected chi connectivity index (χ1v) is 7.82. The average Bonchev–Trinajstić information content (AvgIpc) is 2.61. The molecule has 0 atom stereocenters. The van der Waals surface area contributed by atoms with E-state index >= 15 is 0 Å². The third-order valence-electron chi connectivity index (χ3n) is 3.82. The molecule has 130 valence electrons. The summed E-state index contributed by atoms with van der Waals surface area (Å²) >= 11 is 0. The number of nitrogens with two attached hydrogens (primary N) is 3. The zero-order valence-corrected chi connectivity index (χ0v) is 13.9. The predicted octanol–water partition coefficient (Wildman–Crippen LogP) is 2.28. The van der Waals surface area contributed by atoms with Gasteiger partial charge in [0.25, 0.3) is 5.91 Å². The number of carbonyl (C=O) groups is 1. The molecular weight excluding hydrogens is 328 g/mol. The monoisotopic (exact) mass is 346 g/mol. The molecule has 1 amide bonds. The van der Waals surface area contributed by atoms with Crippen LogP contribution >= 0.6 is 0 Å². The van der Waals surface area contributed by atoms with Crippen molar-refractivity contribution in [1.82, 2.24) is 0 Å². The second-order valence-electron chi connectivity index (χ2n) is 5.69. The van der Waals surface area contributed by atoms with E-state index < -0.39 is 0 Å². The summed E-state index contributed by atoms with van der Waals surface area (Å²) in [5.41, 5.74) is 18.6. The molecule has 3 rings (SSSR count). The van der Waals surface area contributed by atoms with Crippen molar-refractivity contribution in [3.63, 3.8) is 0 Å². The van der Waals surface area contributed by atoms with Gasteiger partial charge in [0.05, 0.1) is 5.69 Å². The van der Waals surface area contributed by atoms with Crippen LogP contribution in [0.5, 0.6) is 0 Å². The van der Waals surface area contributed by atoms with Gasteiger partial charge in [0, 0.05) is 16.8 Å². The maximum atomic E-state index is 12.4. The fraction of sp³-hybridized carbons (Fsp3) is 0. The van der Waals surface area contributed by atoms with E-state index in [1.54, 1.807) is 42.5 Å². The van der Waals surface area contributed by atoms with Crippen LogP contribution in [-0.2, 0) is 0 Å². The van der Waals surface area contributed by atoms with Crippen LogP contribution in [0.1, 0.15) is 15.9 Å². The van der Waals surface area contributed by atoms with Gasteiger partial charge in [-0.1, -0.05) is 24.3 Å². The molecule has 0 bridgehead atoms. The first kappa shape index (κ1) is 17.0. The number of hydrogen-bond acceptors (Lipinski definition) is 3. The van der Waals surface area contributed by atoms with Crippen molar-refractivity contribution in [2.45, 2.75) is 0 Å². The van der Waals surface area contributed by atoms with Gasteiger partial charge in [0.1, 0.15) is 5.84 Å². The van der Waals surface area contributed by atoms with Crippen molar-refractivity contribution in [2.75, 3.05) is 5.32 Å². The van der Waals surface area contributed by atoms with Crippen molar-refractivity contribution in [3.05, 3.63) is 71.8 Å². The quantitative estimate of drug-likeness (QED) is 0.364. The minimum absolute atomic E-state index is 0.0191. The Bertz CT molecular complexity index is 1020. The minimum atomic E-state index is -0.263. The van der Waals surface area contributed by atoms with Gasteiger partial charge in [-0.05, 0) is 47.2 Å². The highest BCUT2D eigenvalue weighted by atomic mass is 16.1. The number of rotatable bonds is 4. The van der Waals surface area contributed by atoms with Crippen LogP contribution in [0.25, 0.3) is 10.8 Å². The van der Waals surface area contributed by atoms with Gasteiger partial charge < -0.3 is 22.5 Å². The molecule has 0 aliphatic rings. The highest BCUT2D eigenvalue weighted by Crippen LogP contribution is 2.23. The van der Waals surface area contributed by atoms with E-state index in [0.29, 0.717) is 22.5 Å². The zero-order chi connectivity index (χ0) is 18.7. The Kier molecular flexibility index (Phi) is 4.53. The standard InChI is InChI=1S/C19H18N6O/c20-17(21)15-3-1-2-11-4-9-14(10-16(11)15)24-18(26)12-5-7-13(8-6-12)25-19(22)23/h1-10H,(H3,20,21)(H,24,26)(H4,22,23,25). The number of nitrogen functional groups attached to an aromatic ring is 1. The Labute approximate surface area is 150 Å². The molecule has 0 aromatic heterocycles. The van der Waals surface area contributed by atoms with Gasteiger partial charge in [-0.2, -0.15) is 0 Å². The van der Waals surface area contributed by atoms with Gasteiger partial charge in [0.15, 0.2) is 5.96 Å². The summed E-state index contributed by atoms with van der Waals surface area (Å²) in [4.78, 5) is 16.4. The number of amides is 1. The Morgan fingerprint density at radius 1 is 0.962 bits per heavy atom. The first-order chi connectivity index (χ1) is 12.4. The molecule has 0 heterocycles. The molecule has 7 nitrogen and oxygen atoms in total. The molecule has 7 heteroatoms. The number of hydrogen-bond donors (Lipinski definition) is 5. The number of anilines is 1. The number of carbonyl (C=O) groups excluding carboxylic acids is 1. The maximum Gasteiger partial charge on any atom is 0.255 e. The third-order valence-corrected chi connectivity index (χ3v) is 3.82. The average molecular weight is 346 g/mol. The maximum absolute atomic E-state index is 12.4. The second-order valence-corrected chi connectivity index (χ2v) is 5.69. The summed E-state index contributed by atoms with van der Waals surface area (Å²) in [6.07, 6.45) is 0. The zero-order valence-electron chi connectivity index (χ0n) is 13.9.